The SMILES string of the molecule is Cn1cnnc1C1CN(Cc2ccccc2)CC12CCN(C(=O)C1CCOCC1)CC2. The number of carbonyl (C=O) groups excluding carboxylic acids is 1. The number of hydrogen-bond acceptors (Lipinski definition) is 5. The minimum Gasteiger partial charge on any atom is -0.381 e. The molecule has 0 saturated carbocycles. The molecule has 0 N–H and O–H groups in total. The zero-order valence-corrected chi connectivity index (χ0v) is 18.4. The molecule has 3 aliphatic rings. The number of ether oxygens (including phenoxy) is 1. The van der Waals surface area contributed by atoms with Crippen molar-refractivity contribution in [2.45, 2.75) is 38.1 Å². The number of nitrogens with zero attached hydrogens (tertiary/aromatic N) is 5. The van der Waals surface area contributed by atoms with Crippen molar-refractivity contribution in [2.24, 2.45) is 18.4 Å². The Hall–Kier alpha value is -2.25. The second-order valence-electron chi connectivity index (χ2n) is 9.58. The lowest BCUT2D eigenvalue weighted by Gasteiger charge is -2.43. The number of hydrogen-bond donors (Lipinski definition) is 0. The van der Waals surface area contributed by atoms with Gasteiger partial charge in [0.05, 0.1) is 0 Å². The van der Waals surface area contributed by atoms with Crippen LogP contribution in [0.4, 0.5) is 0 Å². The van der Waals surface area contributed by atoms with Crippen LogP contribution in [0.5, 0.6) is 0 Å². The molecule has 0 radical (unpaired) electrons. The highest BCUT2D eigenvalue weighted by Crippen LogP contribution is 2.49. The predicted molar refractivity (Wildman–Crippen MR) is 117 cm³/mol. The molecule has 4 heterocycles. The molecular weight excluding hydrogens is 390 g/mol. The zero-order valence-electron chi connectivity index (χ0n) is 18.4. The molecule has 1 unspecified atom stereocenters. The summed E-state index contributed by atoms with van der Waals surface area (Å²) in [5, 5.41) is 8.68. The summed E-state index contributed by atoms with van der Waals surface area (Å²) in [7, 11) is 2.05. The maximum atomic E-state index is 13.1. The van der Waals surface area contributed by atoms with E-state index in [0.717, 1.165) is 77.4 Å². The van der Waals surface area contributed by atoms with E-state index in [-0.39, 0.29) is 11.3 Å². The van der Waals surface area contributed by atoms with Gasteiger partial charge in [0.1, 0.15) is 12.2 Å². The monoisotopic (exact) mass is 423 g/mol. The Labute approximate surface area is 184 Å². The summed E-state index contributed by atoms with van der Waals surface area (Å²) in [6.45, 7) is 6.15. The number of piperidine rings is 1. The van der Waals surface area contributed by atoms with Gasteiger partial charge in [-0.3, -0.25) is 9.69 Å². The third-order valence-corrected chi connectivity index (χ3v) is 7.67. The van der Waals surface area contributed by atoms with Gasteiger partial charge in [-0.25, -0.2) is 0 Å². The molecular formula is C24H33N5O2. The van der Waals surface area contributed by atoms with Gasteiger partial charge in [0.15, 0.2) is 0 Å². The number of aromatic nitrogens is 3. The first-order valence-corrected chi connectivity index (χ1v) is 11.6. The Kier molecular flexibility index (Phi) is 5.80. The van der Waals surface area contributed by atoms with Gasteiger partial charge in [0, 0.05) is 64.8 Å². The van der Waals surface area contributed by atoms with E-state index in [2.05, 4.69) is 54.9 Å². The average molecular weight is 424 g/mol. The van der Waals surface area contributed by atoms with Crippen LogP contribution in [0.25, 0.3) is 0 Å². The number of benzene rings is 1. The molecule has 0 aliphatic carbocycles. The number of aryl methyl sites for hydroxylation is 1. The summed E-state index contributed by atoms with van der Waals surface area (Å²) in [6, 6.07) is 10.7. The van der Waals surface area contributed by atoms with Crippen LogP contribution in [0.2, 0.25) is 0 Å². The van der Waals surface area contributed by atoms with E-state index in [1.807, 2.05) is 13.4 Å². The number of carbonyl (C=O) groups is 1. The largest absolute Gasteiger partial charge is 0.381 e. The highest BCUT2D eigenvalue weighted by molar-refractivity contribution is 5.79. The molecule has 1 atom stereocenters. The Bertz CT molecular complexity index is 884. The minimum absolute atomic E-state index is 0.149. The molecule has 3 aliphatic heterocycles. The van der Waals surface area contributed by atoms with Crippen molar-refractivity contribution in [3.05, 3.63) is 48.0 Å². The summed E-state index contributed by atoms with van der Waals surface area (Å²) in [5.41, 5.74) is 1.51. The summed E-state index contributed by atoms with van der Waals surface area (Å²) >= 11 is 0. The summed E-state index contributed by atoms with van der Waals surface area (Å²) in [5.74, 6) is 1.92. The lowest BCUT2D eigenvalue weighted by atomic mass is 9.70. The molecule has 3 saturated heterocycles. The zero-order chi connectivity index (χ0) is 21.3. The Balaban J connectivity index is 1.32. The molecule has 0 bridgehead atoms. The standard InChI is InChI=1S/C24H33N5O2/c1-27-18-25-26-22(27)21-16-28(15-19-5-3-2-4-6-19)17-24(21)9-11-29(12-10-24)23(30)20-7-13-31-14-8-20/h2-6,18,20-21H,7-17H2,1H3. The highest BCUT2D eigenvalue weighted by Gasteiger charge is 2.50. The van der Waals surface area contributed by atoms with Crippen molar-refractivity contribution in [1.29, 1.82) is 0 Å². The summed E-state index contributed by atoms with van der Waals surface area (Å²) in [4.78, 5) is 17.8. The van der Waals surface area contributed by atoms with Gasteiger partial charge in [-0.2, -0.15) is 0 Å². The van der Waals surface area contributed by atoms with Crippen LogP contribution >= 0.6 is 0 Å². The van der Waals surface area contributed by atoms with Crippen LogP contribution in [-0.4, -0.2) is 69.9 Å². The van der Waals surface area contributed by atoms with Gasteiger partial charge < -0.3 is 14.2 Å². The van der Waals surface area contributed by atoms with Crippen molar-refractivity contribution in [1.82, 2.24) is 24.6 Å². The molecule has 5 rings (SSSR count). The topological polar surface area (TPSA) is 63.5 Å². The van der Waals surface area contributed by atoms with Gasteiger partial charge in [0.2, 0.25) is 5.91 Å². The average Bonchev–Trinajstić information content (AvgIpc) is 3.38. The molecule has 1 spiro atoms. The van der Waals surface area contributed by atoms with E-state index in [0.29, 0.717) is 11.8 Å². The van der Waals surface area contributed by atoms with Crippen LogP contribution < -0.4 is 0 Å². The van der Waals surface area contributed by atoms with E-state index in [1.54, 1.807) is 0 Å². The van der Waals surface area contributed by atoms with Crippen molar-refractivity contribution < 1.29 is 9.53 Å². The van der Waals surface area contributed by atoms with Gasteiger partial charge in [-0.1, -0.05) is 30.3 Å². The fourth-order valence-electron chi connectivity index (χ4n) is 5.88. The smallest absolute Gasteiger partial charge is 0.225 e. The highest BCUT2D eigenvalue weighted by atomic mass is 16.5. The van der Waals surface area contributed by atoms with E-state index in [1.165, 1.54) is 5.56 Å². The third kappa shape index (κ3) is 4.13. The fourth-order valence-corrected chi connectivity index (χ4v) is 5.88. The molecule has 7 nitrogen and oxygen atoms in total. The lowest BCUT2D eigenvalue weighted by molar-refractivity contribution is -0.141. The van der Waals surface area contributed by atoms with E-state index >= 15 is 0 Å². The molecule has 3 fully saturated rings. The first-order chi connectivity index (χ1) is 15.1. The third-order valence-electron chi connectivity index (χ3n) is 7.67. The fraction of sp³-hybridized carbons (Fsp3) is 0.625. The van der Waals surface area contributed by atoms with Gasteiger partial charge >= 0.3 is 0 Å². The van der Waals surface area contributed by atoms with Gasteiger partial charge in [-0.15, -0.1) is 10.2 Å². The number of amides is 1. The Morgan fingerprint density at radius 3 is 2.58 bits per heavy atom. The van der Waals surface area contributed by atoms with E-state index in [4.69, 9.17) is 4.74 Å². The molecule has 1 amide bonds. The van der Waals surface area contributed by atoms with Crippen molar-refractivity contribution in [3.63, 3.8) is 0 Å². The van der Waals surface area contributed by atoms with Gasteiger partial charge in [-0.05, 0) is 36.7 Å². The quantitative estimate of drug-likeness (QED) is 0.756. The molecule has 1 aromatic carbocycles. The Morgan fingerprint density at radius 2 is 1.90 bits per heavy atom. The Morgan fingerprint density at radius 1 is 1.16 bits per heavy atom. The molecule has 7 heteroatoms. The van der Waals surface area contributed by atoms with Gasteiger partial charge in [0.25, 0.3) is 0 Å². The summed E-state index contributed by atoms with van der Waals surface area (Å²) < 4.78 is 7.53. The van der Waals surface area contributed by atoms with Crippen molar-refractivity contribution in [3.8, 4) is 0 Å². The van der Waals surface area contributed by atoms with E-state index in [9.17, 15) is 4.79 Å². The molecule has 1 aromatic heterocycles. The van der Waals surface area contributed by atoms with Crippen molar-refractivity contribution in [2.75, 3.05) is 39.4 Å². The minimum atomic E-state index is 0.149. The molecule has 166 valence electrons. The molecule has 31 heavy (non-hydrogen) atoms. The number of rotatable bonds is 4. The lowest BCUT2D eigenvalue weighted by Crippen LogP contribution is -2.48. The van der Waals surface area contributed by atoms with Crippen LogP contribution in [-0.2, 0) is 23.1 Å². The second-order valence-corrected chi connectivity index (χ2v) is 9.58. The van der Waals surface area contributed by atoms with Crippen molar-refractivity contribution >= 4 is 5.91 Å². The second kappa shape index (κ2) is 8.71. The normalized spacial score (nSPS) is 24.7. The summed E-state index contributed by atoms with van der Waals surface area (Å²) in [6.07, 6.45) is 5.61. The first kappa shape index (κ1) is 20.6. The predicted octanol–water partition coefficient (Wildman–Crippen LogP) is 2.45. The van der Waals surface area contributed by atoms with Crippen LogP contribution in [0.15, 0.2) is 36.7 Å². The molecule has 2 aromatic rings. The maximum absolute atomic E-state index is 13.1. The van der Waals surface area contributed by atoms with Crippen LogP contribution in [0, 0.1) is 11.3 Å². The first-order valence-electron chi connectivity index (χ1n) is 11.6. The van der Waals surface area contributed by atoms with Crippen LogP contribution in [0.1, 0.15) is 43.0 Å². The van der Waals surface area contributed by atoms with E-state index < -0.39 is 0 Å². The van der Waals surface area contributed by atoms with Crippen LogP contribution in [0.3, 0.4) is 0 Å². The maximum Gasteiger partial charge on any atom is 0.225 e. The number of likely N-dealkylation sites (tertiary alicyclic amines) is 2.